The molecule has 1 aliphatic rings. The van der Waals surface area contributed by atoms with Crippen LogP contribution in [0, 0.1) is 0 Å². The topological polar surface area (TPSA) is 137 Å². The van der Waals surface area contributed by atoms with Crippen LogP contribution in [-0.4, -0.2) is 84.8 Å². The summed E-state index contributed by atoms with van der Waals surface area (Å²) in [5, 5.41) is 9.80. The van der Waals surface area contributed by atoms with Crippen LogP contribution in [0.1, 0.15) is 35.2 Å². The lowest BCUT2D eigenvalue weighted by Crippen LogP contribution is -2.54. The van der Waals surface area contributed by atoms with E-state index in [1.165, 1.54) is 6.08 Å². The Kier molecular flexibility index (Phi) is 12.1. The molecule has 0 radical (unpaired) electrons. The summed E-state index contributed by atoms with van der Waals surface area (Å²) in [4.78, 5) is 66.5. The fourth-order valence-corrected chi connectivity index (χ4v) is 5.07. The van der Waals surface area contributed by atoms with Crippen LogP contribution >= 0.6 is 0 Å². The highest BCUT2D eigenvalue weighted by molar-refractivity contribution is 6.07. The Labute approximate surface area is 262 Å². The van der Waals surface area contributed by atoms with Gasteiger partial charge in [0.1, 0.15) is 12.6 Å². The zero-order valence-corrected chi connectivity index (χ0v) is 25.2. The Balaban J connectivity index is 1.26. The molecular weight excluding hydrogens is 574 g/mol. The molecule has 3 N–H and O–H groups in total. The number of hydrogen-bond donors (Lipinski definition) is 3. The number of rotatable bonds is 13. The molecule has 0 spiro atoms. The number of carbonyl (C=O) groups is 5. The number of hydrogen-bond acceptors (Lipinski definition) is 6. The molecule has 1 heterocycles. The van der Waals surface area contributed by atoms with E-state index in [0.29, 0.717) is 51.1 Å². The van der Waals surface area contributed by atoms with Gasteiger partial charge in [0.25, 0.3) is 5.91 Å². The van der Waals surface area contributed by atoms with Gasteiger partial charge >= 0.3 is 6.09 Å². The molecule has 0 bridgehead atoms. The number of fused-ring (bicyclic) bond motifs is 1. The monoisotopic (exact) mass is 613 g/mol. The first kappa shape index (κ1) is 32.7. The van der Waals surface area contributed by atoms with Crippen LogP contribution in [0.25, 0.3) is 10.8 Å². The standard InChI is InChI=1S/C34H39N5O6/c1-2-30(40)35-18-9-8-17-29(37-34(44)45-24-25-11-4-3-5-12-25)32(42)36-23-31(41)38-19-21-39(22-20-38)33(43)28-16-10-14-26-13-6-7-15-27(26)28/h2-7,10-16,29H,1,8-9,17-24H2,(H,35,40)(H,36,42)(H,37,44)/t29-/m0/s1. The molecule has 0 saturated carbocycles. The molecule has 1 saturated heterocycles. The maximum absolute atomic E-state index is 13.3. The van der Waals surface area contributed by atoms with Crippen molar-refractivity contribution in [3.63, 3.8) is 0 Å². The van der Waals surface area contributed by atoms with Crippen LogP contribution in [0.2, 0.25) is 0 Å². The van der Waals surface area contributed by atoms with Gasteiger partial charge in [-0.05, 0) is 47.7 Å². The molecule has 1 atom stereocenters. The van der Waals surface area contributed by atoms with E-state index >= 15 is 0 Å². The molecule has 0 aliphatic carbocycles. The second-order valence-corrected chi connectivity index (χ2v) is 10.7. The number of carbonyl (C=O) groups excluding carboxylic acids is 5. The molecule has 11 heteroatoms. The molecule has 5 amide bonds. The Morgan fingerprint density at radius 3 is 2.27 bits per heavy atom. The van der Waals surface area contributed by atoms with Crippen LogP contribution in [-0.2, 0) is 25.7 Å². The van der Waals surface area contributed by atoms with Gasteiger partial charge in [0.15, 0.2) is 0 Å². The van der Waals surface area contributed by atoms with Gasteiger partial charge in [0, 0.05) is 38.3 Å². The number of nitrogens with zero attached hydrogens (tertiary/aromatic N) is 2. The van der Waals surface area contributed by atoms with E-state index in [4.69, 9.17) is 4.74 Å². The summed E-state index contributed by atoms with van der Waals surface area (Å²) in [7, 11) is 0. The molecule has 1 aliphatic heterocycles. The van der Waals surface area contributed by atoms with Crippen molar-refractivity contribution in [2.24, 2.45) is 0 Å². The minimum absolute atomic E-state index is 0.0437. The molecule has 45 heavy (non-hydrogen) atoms. The summed E-state index contributed by atoms with van der Waals surface area (Å²) in [5.74, 6) is -1.16. The Bertz CT molecular complexity index is 1500. The number of unbranched alkanes of at least 4 members (excludes halogenated alkanes) is 1. The fourth-order valence-electron chi connectivity index (χ4n) is 5.07. The van der Waals surface area contributed by atoms with Crippen LogP contribution in [0.15, 0.2) is 85.5 Å². The predicted molar refractivity (Wildman–Crippen MR) is 170 cm³/mol. The van der Waals surface area contributed by atoms with Gasteiger partial charge in [-0.15, -0.1) is 0 Å². The number of ether oxygens (including phenoxy) is 1. The zero-order valence-electron chi connectivity index (χ0n) is 25.2. The molecule has 0 unspecified atom stereocenters. The number of amides is 5. The van der Waals surface area contributed by atoms with Gasteiger partial charge < -0.3 is 30.5 Å². The minimum Gasteiger partial charge on any atom is -0.445 e. The lowest BCUT2D eigenvalue weighted by molar-refractivity contribution is -0.134. The molecule has 4 rings (SSSR count). The summed E-state index contributed by atoms with van der Waals surface area (Å²) in [5.41, 5.74) is 1.43. The summed E-state index contributed by atoms with van der Waals surface area (Å²) < 4.78 is 5.28. The van der Waals surface area contributed by atoms with Gasteiger partial charge in [-0.2, -0.15) is 0 Å². The Morgan fingerprint density at radius 1 is 0.822 bits per heavy atom. The molecule has 0 aromatic heterocycles. The van der Waals surface area contributed by atoms with Crippen molar-refractivity contribution in [3.05, 3.63) is 96.6 Å². The van der Waals surface area contributed by atoms with Crippen molar-refractivity contribution in [2.75, 3.05) is 39.3 Å². The van der Waals surface area contributed by atoms with E-state index in [9.17, 15) is 24.0 Å². The first-order valence-electron chi connectivity index (χ1n) is 15.1. The fraction of sp³-hybridized carbons (Fsp3) is 0.324. The molecule has 3 aromatic carbocycles. The highest BCUT2D eigenvalue weighted by atomic mass is 16.5. The third kappa shape index (κ3) is 9.65. The number of nitrogens with one attached hydrogen (secondary N) is 3. The van der Waals surface area contributed by atoms with Crippen LogP contribution in [0.3, 0.4) is 0 Å². The maximum atomic E-state index is 13.3. The summed E-state index contributed by atoms with van der Waals surface area (Å²) in [6.45, 7) is 5.04. The van der Waals surface area contributed by atoms with Crippen molar-refractivity contribution in [2.45, 2.75) is 31.9 Å². The van der Waals surface area contributed by atoms with E-state index in [1.54, 1.807) is 9.80 Å². The van der Waals surface area contributed by atoms with Gasteiger partial charge in [0.05, 0.1) is 6.54 Å². The lowest BCUT2D eigenvalue weighted by atomic mass is 10.0. The van der Waals surface area contributed by atoms with E-state index in [1.807, 2.05) is 72.8 Å². The minimum atomic E-state index is -0.939. The SMILES string of the molecule is C=CC(=O)NCCCC[C@H](NC(=O)OCc1ccccc1)C(=O)NCC(=O)N1CCN(C(=O)c2cccc3ccccc23)CC1. The summed E-state index contributed by atoms with van der Waals surface area (Å²) in [6, 6.07) is 21.6. The van der Waals surface area contributed by atoms with Gasteiger partial charge in [-0.25, -0.2) is 4.79 Å². The van der Waals surface area contributed by atoms with Crippen molar-refractivity contribution in [3.8, 4) is 0 Å². The Morgan fingerprint density at radius 2 is 1.51 bits per heavy atom. The molecule has 3 aromatic rings. The number of alkyl carbamates (subject to hydrolysis) is 1. The average molecular weight is 614 g/mol. The number of benzene rings is 3. The number of piperazine rings is 1. The lowest BCUT2D eigenvalue weighted by Gasteiger charge is -2.35. The van der Waals surface area contributed by atoms with E-state index in [2.05, 4.69) is 22.5 Å². The van der Waals surface area contributed by atoms with Crippen molar-refractivity contribution < 1.29 is 28.7 Å². The third-order valence-electron chi connectivity index (χ3n) is 7.58. The quantitative estimate of drug-likeness (QED) is 0.200. The summed E-state index contributed by atoms with van der Waals surface area (Å²) >= 11 is 0. The van der Waals surface area contributed by atoms with Gasteiger partial charge in [-0.1, -0.05) is 73.3 Å². The second kappa shape index (κ2) is 16.6. The molecular formula is C34H39N5O6. The summed E-state index contributed by atoms with van der Waals surface area (Å²) in [6.07, 6.45) is 1.80. The predicted octanol–water partition coefficient (Wildman–Crippen LogP) is 3.01. The van der Waals surface area contributed by atoms with Gasteiger partial charge in [-0.3, -0.25) is 19.2 Å². The van der Waals surface area contributed by atoms with Crippen LogP contribution in [0.4, 0.5) is 4.79 Å². The highest BCUT2D eigenvalue weighted by Crippen LogP contribution is 2.20. The Hall–Kier alpha value is -5.19. The zero-order chi connectivity index (χ0) is 32.0. The molecule has 1 fully saturated rings. The normalized spacial score (nSPS) is 13.4. The van der Waals surface area contributed by atoms with Crippen molar-refractivity contribution >= 4 is 40.5 Å². The average Bonchev–Trinajstić information content (AvgIpc) is 3.08. The molecule has 236 valence electrons. The van der Waals surface area contributed by atoms with Crippen LogP contribution in [0.5, 0.6) is 0 Å². The van der Waals surface area contributed by atoms with Gasteiger partial charge in [0.2, 0.25) is 17.7 Å². The highest BCUT2D eigenvalue weighted by Gasteiger charge is 2.27. The third-order valence-corrected chi connectivity index (χ3v) is 7.58. The van der Waals surface area contributed by atoms with Crippen molar-refractivity contribution in [1.29, 1.82) is 0 Å². The van der Waals surface area contributed by atoms with Crippen molar-refractivity contribution in [1.82, 2.24) is 25.8 Å². The smallest absolute Gasteiger partial charge is 0.408 e. The molecule has 11 nitrogen and oxygen atoms in total. The largest absolute Gasteiger partial charge is 0.445 e. The first-order valence-corrected chi connectivity index (χ1v) is 15.1. The van der Waals surface area contributed by atoms with E-state index in [0.717, 1.165) is 16.3 Å². The van der Waals surface area contributed by atoms with E-state index < -0.39 is 18.0 Å². The first-order chi connectivity index (χ1) is 21.9. The van der Waals surface area contributed by atoms with Crippen LogP contribution < -0.4 is 16.0 Å². The maximum Gasteiger partial charge on any atom is 0.408 e. The second-order valence-electron chi connectivity index (χ2n) is 10.7. The van der Waals surface area contributed by atoms with E-state index in [-0.39, 0.29) is 37.3 Å².